The molecule has 0 saturated heterocycles. The number of carboxylic acids is 1. The molecule has 0 aromatic carbocycles. The van der Waals surface area contributed by atoms with E-state index in [9.17, 15) is 14.9 Å². The number of nitrogens with one attached hydrogen (secondary N) is 1. The average Bonchev–Trinajstić information content (AvgIpc) is 2.96. The molecule has 2 rings (SSSR count). The smallest absolute Gasteiger partial charge is 0.354 e. The second-order valence-corrected chi connectivity index (χ2v) is 4.07. The molecule has 2 heterocycles. The lowest BCUT2D eigenvalue weighted by Crippen LogP contribution is -2.11. The number of nitrogens with zero attached hydrogens (tertiary/aromatic N) is 5. The Morgan fingerprint density at radius 2 is 2.29 bits per heavy atom. The van der Waals surface area contributed by atoms with Crippen LogP contribution in [-0.4, -0.2) is 42.5 Å². The molecule has 110 valence electrons. The molecule has 10 nitrogen and oxygen atoms in total. The van der Waals surface area contributed by atoms with Crippen molar-refractivity contribution in [1.29, 1.82) is 0 Å². The molecule has 2 aromatic heterocycles. The molecule has 2 N–H and O–H groups in total. The zero-order valence-corrected chi connectivity index (χ0v) is 10.8. The average molecular weight is 292 g/mol. The molecule has 0 spiro atoms. The number of hydrogen-bond donors (Lipinski definition) is 2. The van der Waals surface area contributed by atoms with Gasteiger partial charge < -0.3 is 10.4 Å². The Hall–Kier alpha value is -3.04. The van der Waals surface area contributed by atoms with Gasteiger partial charge in [0, 0.05) is 25.4 Å². The summed E-state index contributed by atoms with van der Waals surface area (Å²) in [5, 5.41) is 29.9. The van der Waals surface area contributed by atoms with Gasteiger partial charge in [-0.1, -0.05) is 5.21 Å². The van der Waals surface area contributed by atoms with E-state index in [0.717, 1.165) is 12.1 Å². The maximum atomic E-state index is 10.9. The summed E-state index contributed by atoms with van der Waals surface area (Å²) >= 11 is 0. The van der Waals surface area contributed by atoms with Crippen molar-refractivity contribution in [2.75, 3.05) is 11.9 Å². The minimum absolute atomic E-state index is 0.0570. The number of aromatic nitrogens is 4. The first kappa shape index (κ1) is 14.4. The van der Waals surface area contributed by atoms with E-state index in [-0.39, 0.29) is 17.2 Å². The molecule has 10 heteroatoms. The number of anilines is 1. The van der Waals surface area contributed by atoms with E-state index in [1.54, 1.807) is 17.1 Å². The summed E-state index contributed by atoms with van der Waals surface area (Å²) in [6.07, 6.45) is 3.88. The van der Waals surface area contributed by atoms with Crippen molar-refractivity contribution in [3.05, 3.63) is 40.3 Å². The van der Waals surface area contributed by atoms with Gasteiger partial charge in [0.25, 0.3) is 0 Å². The minimum Gasteiger partial charge on any atom is -0.477 e. The molecule has 21 heavy (non-hydrogen) atoms. The fraction of sp³-hybridized carbons (Fsp3) is 0.273. The van der Waals surface area contributed by atoms with E-state index >= 15 is 0 Å². The van der Waals surface area contributed by atoms with E-state index < -0.39 is 10.9 Å². The Kier molecular flexibility index (Phi) is 4.39. The van der Waals surface area contributed by atoms with Gasteiger partial charge in [-0.15, -0.1) is 5.10 Å². The predicted octanol–water partition coefficient (Wildman–Crippen LogP) is 0.782. The van der Waals surface area contributed by atoms with E-state index in [2.05, 4.69) is 20.6 Å². The van der Waals surface area contributed by atoms with Gasteiger partial charge in [-0.2, -0.15) is 0 Å². The lowest BCUT2D eigenvalue weighted by atomic mass is 10.3. The third-order valence-electron chi connectivity index (χ3n) is 2.62. The Bertz CT molecular complexity index is 642. The summed E-state index contributed by atoms with van der Waals surface area (Å²) in [5.74, 6) is -1.30. The first-order chi connectivity index (χ1) is 10.1. The van der Waals surface area contributed by atoms with Crippen LogP contribution in [0.4, 0.5) is 11.5 Å². The molecule has 0 aliphatic carbocycles. The largest absolute Gasteiger partial charge is 0.477 e. The molecule has 0 amide bonds. The highest BCUT2D eigenvalue weighted by molar-refractivity contribution is 5.86. The quantitative estimate of drug-likeness (QED) is 0.434. The monoisotopic (exact) mass is 292 g/mol. The fourth-order valence-corrected chi connectivity index (χ4v) is 1.65. The summed E-state index contributed by atoms with van der Waals surface area (Å²) in [6, 6.07) is 2.22. The Labute approximate surface area is 118 Å². The Morgan fingerprint density at radius 3 is 2.90 bits per heavy atom. The van der Waals surface area contributed by atoms with Crippen LogP contribution in [0.2, 0.25) is 0 Å². The first-order valence-electron chi connectivity index (χ1n) is 6.04. The van der Waals surface area contributed by atoms with Crippen LogP contribution in [0.25, 0.3) is 0 Å². The zero-order chi connectivity index (χ0) is 15.2. The van der Waals surface area contributed by atoms with Crippen LogP contribution in [0, 0.1) is 10.1 Å². The van der Waals surface area contributed by atoms with Crippen LogP contribution in [0.3, 0.4) is 0 Å². The normalized spacial score (nSPS) is 10.3. The third kappa shape index (κ3) is 3.72. The molecule has 0 fully saturated rings. The predicted molar refractivity (Wildman–Crippen MR) is 71.0 cm³/mol. The first-order valence-corrected chi connectivity index (χ1v) is 6.04. The van der Waals surface area contributed by atoms with Crippen LogP contribution in [0.1, 0.15) is 16.9 Å². The summed E-state index contributed by atoms with van der Waals surface area (Å²) in [4.78, 5) is 24.8. The van der Waals surface area contributed by atoms with Gasteiger partial charge in [-0.05, 0) is 12.5 Å². The van der Waals surface area contributed by atoms with Crippen molar-refractivity contribution >= 4 is 17.5 Å². The van der Waals surface area contributed by atoms with Crippen molar-refractivity contribution < 1.29 is 14.8 Å². The summed E-state index contributed by atoms with van der Waals surface area (Å²) < 4.78 is 1.62. The van der Waals surface area contributed by atoms with Gasteiger partial charge in [0.05, 0.1) is 11.1 Å². The topological polar surface area (TPSA) is 136 Å². The third-order valence-corrected chi connectivity index (χ3v) is 2.62. The Balaban J connectivity index is 2.01. The van der Waals surface area contributed by atoms with Gasteiger partial charge in [-0.3, -0.25) is 14.8 Å². The molecular weight excluding hydrogens is 280 g/mol. The molecule has 0 aliphatic rings. The van der Waals surface area contributed by atoms with Crippen molar-refractivity contribution in [3.63, 3.8) is 0 Å². The molecule has 2 aromatic rings. The number of aromatic carboxylic acids is 1. The summed E-state index contributed by atoms with van der Waals surface area (Å²) in [7, 11) is 0. The number of rotatable bonds is 7. The highest BCUT2D eigenvalue weighted by atomic mass is 16.6. The lowest BCUT2D eigenvalue weighted by molar-refractivity contribution is -0.384. The van der Waals surface area contributed by atoms with Crippen molar-refractivity contribution in [2.24, 2.45) is 0 Å². The maximum absolute atomic E-state index is 10.9. The molecular formula is C11H12N6O4. The number of pyridine rings is 1. The number of hydrogen-bond acceptors (Lipinski definition) is 7. The Morgan fingerprint density at radius 1 is 1.48 bits per heavy atom. The highest BCUT2D eigenvalue weighted by Gasteiger charge is 2.17. The van der Waals surface area contributed by atoms with Gasteiger partial charge in [0.1, 0.15) is 0 Å². The van der Waals surface area contributed by atoms with Crippen LogP contribution in [-0.2, 0) is 6.54 Å². The lowest BCUT2D eigenvalue weighted by Gasteiger charge is -2.07. The molecule has 0 saturated carbocycles. The minimum atomic E-state index is -1.24. The standard InChI is InChI=1S/C11H12N6O4/c18-11(19)8-2-3-9(17(20)21)10(14-8)12-4-1-6-16-7-5-13-15-16/h2-3,5,7H,1,4,6H2,(H,12,14)(H,18,19). The maximum Gasteiger partial charge on any atom is 0.354 e. The van der Waals surface area contributed by atoms with E-state index in [0.29, 0.717) is 19.5 Å². The number of nitro groups is 1. The van der Waals surface area contributed by atoms with Crippen LogP contribution in [0.15, 0.2) is 24.5 Å². The van der Waals surface area contributed by atoms with E-state index in [4.69, 9.17) is 5.11 Å². The van der Waals surface area contributed by atoms with Gasteiger partial charge >= 0.3 is 11.7 Å². The zero-order valence-electron chi connectivity index (χ0n) is 10.8. The number of carbonyl (C=O) groups is 1. The summed E-state index contributed by atoms with van der Waals surface area (Å²) in [5.41, 5.74) is -0.514. The SMILES string of the molecule is O=C(O)c1ccc([N+](=O)[O-])c(NCCCn2ccnn2)n1. The van der Waals surface area contributed by atoms with E-state index in [1.807, 2.05) is 0 Å². The van der Waals surface area contributed by atoms with Crippen LogP contribution >= 0.6 is 0 Å². The number of aryl methyl sites for hydroxylation is 1. The van der Waals surface area contributed by atoms with Crippen LogP contribution < -0.4 is 5.32 Å². The van der Waals surface area contributed by atoms with E-state index in [1.165, 1.54) is 0 Å². The second kappa shape index (κ2) is 6.41. The molecule has 0 atom stereocenters. The molecule has 0 bridgehead atoms. The molecule has 0 unspecified atom stereocenters. The molecule has 0 radical (unpaired) electrons. The second-order valence-electron chi connectivity index (χ2n) is 4.07. The molecule has 0 aliphatic heterocycles. The van der Waals surface area contributed by atoms with Crippen molar-refractivity contribution in [3.8, 4) is 0 Å². The van der Waals surface area contributed by atoms with Crippen LogP contribution in [0.5, 0.6) is 0 Å². The summed E-state index contributed by atoms with van der Waals surface area (Å²) in [6.45, 7) is 0.968. The van der Waals surface area contributed by atoms with Gasteiger partial charge in [-0.25, -0.2) is 9.78 Å². The van der Waals surface area contributed by atoms with Crippen molar-refractivity contribution in [2.45, 2.75) is 13.0 Å². The highest BCUT2D eigenvalue weighted by Crippen LogP contribution is 2.22. The van der Waals surface area contributed by atoms with Gasteiger partial charge in [0.15, 0.2) is 5.69 Å². The fourth-order valence-electron chi connectivity index (χ4n) is 1.65. The van der Waals surface area contributed by atoms with Gasteiger partial charge in [0.2, 0.25) is 5.82 Å². The number of carboxylic acid groups (broad SMARTS) is 1. The van der Waals surface area contributed by atoms with Crippen molar-refractivity contribution in [1.82, 2.24) is 20.0 Å².